The maximum absolute atomic E-state index is 6.07. The second kappa shape index (κ2) is 8.46. The highest BCUT2D eigenvalue weighted by atomic mass is 16.5. The van der Waals surface area contributed by atoms with Crippen molar-refractivity contribution < 1.29 is 4.74 Å². The summed E-state index contributed by atoms with van der Waals surface area (Å²) in [5.41, 5.74) is 10.8. The number of nitrogens with one attached hydrogen (secondary N) is 1. The monoisotopic (exact) mass is 467 g/mol. The number of hydrogen-bond acceptors (Lipinski definition) is 9. The number of pyridine rings is 1. The van der Waals surface area contributed by atoms with E-state index in [1.165, 1.54) is 35.9 Å². The number of aromatic nitrogens is 7. The molecule has 10 nitrogen and oxygen atoms in total. The summed E-state index contributed by atoms with van der Waals surface area (Å²) in [5.74, 6) is 3.39. The zero-order valence-corrected chi connectivity index (χ0v) is 19.6. The lowest BCUT2D eigenvalue weighted by Crippen LogP contribution is -2.07. The molecule has 1 aromatic carbocycles. The Morgan fingerprint density at radius 3 is 2.86 bits per heavy atom. The van der Waals surface area contributed by atoms with Crippen molar-refractivity contribution in [3.63, 3.8) is 0 Å². The van der Waals surface area contributed by atoms with E-state index in [1.807, 2.05) is 18.5 Å². The van der Waals surface area contributed by atoms with Gasteiger partial charge in [-0.15, -0.1) is 5.10 Å². The van der Waals surface area contributed by atoms with Gasteiger partial charge in [0.05, 0.1) is 0 Å². The standard InChI is InChI=1S/C25H25N9O/c1-14-7-19-18(5-6-27-24(19)26)15(2)20(14)10-28-21-8-23(31-13-30-21)35-12-22-32-25-29-9-17(16-3-4-16)11-34(25)33-22/h5-9,11,13,16H,3-4,10,12H2,1-2H3,(H2,26,27)(H,28,30,31). The minimum absolute atomic E-state index is 0.191. The van der Waals surface area contributed by atoms with Crippen molar-refractivity contribution in [2.45, 2.75) is 45.8 Å². The van der Waals surface area contributed by atoms with Crippen LogP contribution in [-0.4, -0.2) is 34.5 Å². The van der Waals surface area contributed by atoms with Crippen LogP contribution in [0.2, 0.25) is 0 Å². The van der Waals surface area contributed by atoms with E-state index in [-0.39, 0.29) is 6.61 Å². The van der Waals surface area contributed by atoms with Crippen LogP contribution in [0.25, 0.3) is 16.6 Å². The van der Waals surface area contributed by atoms with Crippen LogP contribution in [-0.2, 0) is 13.2 Å². The third-order valence-electron chi connectivity index (χ3n) is 6.46. The van der Waals surface area contributed by atoms with E-state index in [9.17, 15) is 0 Å². The molecule has 0 amide bonds. The van der Waals surface area contributed by atoms with E-state index in [0.717, 1.165) is 16.3 Å². The summed E-state index contributed by atoms with van der Waals surface area (Å²) in [4.78, 5) is 21.6. The van der Waals surface area contributed by atoms with Crippen molar-refractivity contribution in [1.82, 2.24) is 34.5 Å². The van der Waals surface area contributed by atoms with E-state index in [1.54, 1.807) is 16.8 Å². The molecule has 1 aliphatic rings. The number of aryl methyl sites for hydroxylation is 2. The highest BCUT2D eigenvalue weighted by Gasteiger charge is 2.24. The summed E-state index contributed by atoms with van der Waals surface area (Å²) in [6.07, 6.45) is 9.54. The SMILES string of the molecule is Cc1cc2c(N)nccc2c(C)c1CNc1cc(OCc2nc3ncc(C4CC4)cn3n2)ncn1. The lowest BCUT2D eigenvalue weighted by atomic mass is 9.96. The molecule has 3 N–H and O–H groups in total. The van der Waals surface area contributed by atoms with Crippen molar-refractivity contribution in [3.8, 4) is 5.88 Å². The van der Waals surface area contributed by atoms with Gasteiger partial charge in [-0.3, -0.25) is 0 Å². The van der Waals surface area contributed by atoms with Gasteiger partial charge < -0.3 is 15.8 Å². The number of anilines is 2. The molecule has 1 aliphatic carbocycles. The van der Waals surface area contributed by atoms with Gasteiger partial charge in [-0.1, -0.05) is 0 Å². The Hall–Kier alpha value is -4.34. The van der Waals surface area contributed by atoms with Gasteiger partial charge in [-0.25, -0.2) is 24.5 Å². The van der Waals surface area contributed by atoms with Crippen LogP contribution in [0.1, 0.15) is 46.8 Å². The maximum Gasteiger partial charge on any atom is 0.252 e. The molecular weight excluding hydrogens is 442 g/mol. The number of fused-ring (bicyclic) bond motifs is 2. The number of benzene rings is 1. The van der Waals surface area contributed by atoms with E-state index in [0.29, 0.717) is 41.6 Å². The Morgan fingerprint density at radius 1 is 1.11 bits per heavy atom. The number of nitrogens with zero attached hydrogens (tertiary/aromatic N) is 7. The van der Waals surface area contributed by atoms with Gasteiger partial charge in [0.15, 0.2) is 12.4 Å². The normalized spacial score (nSPS) is 13.4. The highest BCUT2D eigenvalue weighted by Crippen LogP contribution is 2.39. The Bertz CT molecular complexity index is 1560. The maximum atomic E-state index is 6.07. The van der Waals surface area contributed by atoms with Crippen molar-refractivity contribution in [2.24, 2.45) is 0 Å². The molecule has 4 aromatic heterocycles. The van der Waals surface area contributed by atoms with Crippen LogP contribution in [0.15, 0.2) is 43.1 Å². The smallest absolute Gasteiger partial charge is 0.252 e. The third kappa shape index (κ3) is 4.18. The summed E-state index contributed by atoms with van der Waals surface area (Å²) < 4.78 is 7.56. The first-order valence-corrected chi connectivity index (χ1v) is 11.6. The Kier molecular flexibility index (Phi) is 5.13. The van der Waals surface area contributed by atoms with Gasteiger partial charge in [-0.05, 0) is 72.4 Å². The predicted molar refractivity (Wildman–Crippen MR) is 132 cm³/mol. The Morgan fingerprint density at radius 2 is 2.00 bits per heavy atom. The zero-order chi connectivity index (χ0) is 23.9. The predicted octanol–water partition coefficient (Wildman–Crippen LogP) is 3.73. The van der Waals surface area contributed by atoms with Crippen molar-refractivity contribution in [3.05, 3.63) is 71.2 Å². The first-order chi connectivity index (χ1) is 17.0. The van der Waals surface area contributed by atoms with Crippen LogP contribution >= 0.6 is 0 Å². The van der Waals surface area contributed by atoms with Gasteiger partial charge in [0.1, 0.15) is 18.0 Å². The van der Waals surface area contributed by atoms with Crippen molar-refractivity contribution in [1.29, 1.82) is 0 Å². The first kappa shape index (κ1) is 21.2. The topological polar surface area (TPSA) is 129 Å². The molecule has 1 saturated carbocycles. The Balaban J connectivity index is 1.15. The van der Waals surface area contributed by atoms with E-state index >= 15 is 0 Å². The largest absolute Gasteiger partial charge is 0.469 e. The molecule has 0 aliphatic heterocycles. The molecule has 176 valence electrons. The first-order valence-electron chi connectivity index (χ1n) is 11.6. The molecule has 1 fully saturated rings. The fraction of sp³-hybridized carbons (Fsp3) is 0.280. The molecule has 10 heteroatoms. The van der Waals surface area contributed by atoms with Crippen LogP contribution in [0.5, 0.6) is 5.88 Å². The lowest BCUT2D eigenvalue weighted by molar-refractivity contribution is 0.284. The van der Waals surface area contributed by atoms with E-state index in [2.05, 4.69) is 55.2 Å². The summed E-state index contributed by atoms with van der Waals surface area (Å²) in [6.45, 7) is 4.98. The number of nitrogens with two attached hydrogens (primary N) is 1. The summed E-state index contributed by atoms with van der Waals surface area (Å²) >= 11 is 0. The van der Waals surface area contributed by atoms with E-state index < -0.39 is 0 Å². The summed E-state index contributed by atoms with van der Waals surface area (Å²) in [5, 5.41) is 9.95. The summed E-state index contributed by atoms with van der Waals surface area (Å²) in [7, 11) is 0. The number of hydrogen-bond donors (Lipinski definition) is 2. The zero-order valence-electron chi connectivity index (χ0n) is 19.6. The molecule has 4 heterocycles. The van der Waals surface area contributed by atoms with Gasteiger partial charge in [0, 0.05) is 36.6 Å². The molecular formula is C25H25N9O. The van der Waals surface area contributed by atoms with Crippen LogP contribution < -0.4 is 15.8 Å². The number of nitrogen functional groups attached to an aromatic ring is 1. The minimum Gasteiger partial charge on any atom is -0.469 e. The molecule has 0 radical (unpaired) electrons. The van der Waals surface area contributed by atoms with Gasteiger partial charge in [-0.2, -0.15) is 4.98 Å². The quantitative estimate of drug-likeness (QED) is 0.368. The number of ether oxygens (including phenoxy) is 1. The average Bonchev–Trinajstić information content (AvgIpc) is 3.63. The molecule has 6 rings (SSSR count). The fourth-order valence-electron chi connectivity index (χ4n) is 4.36. The van der Waals surface area contributed by atoms with E-state index in [4.69, 9.17) is 10.5 Å². The van der Waals surface area contributed by atoms with Crippen LogP contribution in [0.4, 0.5) is 11.6 Å². The van der Waals surface area contributed by atoms with Crippen LogP contribution in [0, 0.1) is 13.8 Å². The second-order valence-corrected chi connectivity index (χ2v) is 8.91. The van der Waals surface area contributed by atoms with Crippen LogP contribution in [0.3, 0.4) is 0 Å². The molecule has 0 unspecified atom stereocenters. The van der Waals surface area contributed by atoms with Gasteiger partial charge in [0.2, 0.25) is 5.88 Å². The molecule has 0 spiro atoms. The molecule has 0 bridgehead atoms. The fourth-order valence-corrected chi connectivity index (χ4v) is 4.36. The minimum atomic E-state index is 0.191. The average molecular weight is 468 g/mol. The van der Waals surface area contributed by atoms with Gasteiger partial charge in [0.25, 0.3) is 5.78 Å². The molecule has 0 saturated heterocycles. The van der Waals surface area contributed by atoms with Crippen molar-refractivity contribution in [2.75, 3.05) is 11.1 Å². The molecule has 5 aromatic rings. The highest BCUT2D eigenvalue weighted by molar-refractivity contribution is 5.94. The number of rotatable bonds is 7. The third-order valence-corrected chi connectivity index (χ3v) is 6.46. The summed E-state index contributed by atoms with van der Waals surface area (Å²) in [6, 6.07) is 5.85. The lowest BCUT2D eigenvalue weighted by Gasteiger charge is -2.15. The second-order valence-electron chi connectivity index (χ2n) is 8.91. The molecule has 35 heavy (non-hydrogen) atoms. The van der Waals surface area contributed by atoms with Crippen molar-refractivity contribution >= 4 is 28.2 Å². The van der Waals surface area contributed by atoms with Gasteiger partial charge >= 0.3 is 0 Å². The Labute approximate surface area is 201 Å². The molecule has 0 atom stereocenters.